The van der Waals surface area contributed by atoms with E-state index in [9.17, 15) is 9.90 Å². The third-order valence-electron chi connectivity index (χ3n) is 5.75. The molecule has 3 aromatic rings. The largest absolute Gasteiger partial charge is 0.493 e. The van der Waals surface area contributed by atoms with E-state index >= 15 is 0 Å². The molecule has 0 radical (unpaired) electrons. The predicted octanol–water partition coefficient (Wildman–Crippen LogP) is 3.20. The van der Waals surface area contributed by atoms with Crippen molar-refractivity contribution in [2.75, 3.05) is 30.9 Å². The summed E-state index contributed by atoms with van der Waals surface area (Å²) in [4.78, 5) is 27.4. The second-order valence-electron chi connectivity index (χ2n) is 8.26. The Morgan fingerprint density at radius 3 is 2.58 bits per heavy atom. The maximum absolute atomic E-state index is 12.2. The number of rotatable bonds is 6. The van der Waals surface area contributed by atoms with E-state index in [1.54, 1.807) is 6.07 Å². The molecule has 1 aliphatic carbocycles. The fourth-order valence-corrected chi connectivity index (χ4v) is 4.02. The van der Waals surface area contributed by atoms with Crippen molar-refractivity contribution >= 4 is 28.6 Å². The van der Waals surface area contributed by atoms with Crippen LogP contribution in [-0.2, 0) is 0 Å². The Balaban J connectivity index is 1.31. The molecule has 162 valence electrons. The predicted molar refractivity (Wildman–Crippen MR) is 121 cm³/mol. The standard InChI is InChI=1S/C23H28N6O2/c1-29(2)21-18-5-3-4-6-19(18)27-23(28-21)26-17-10-7-15(8-11-17)13-25-22(31)16-9-12-20(30)24-14-16/h3-6,9,12,14-15,17H,7-8,10-11,13H2,1-2H3,(H,24,30)(H,25,31)(H,26,27,28)/t15-,17+. The van der Waals surface area contributed by atoms with Gasteiger partial charge in [-0.1, -0.05) is 12.1 Å². The smallest absolute Gasteiger partial charge is 0.252 e. The average molecular weight is 421 g/mol. The lowest BCUT2D eigenvalue weighted by Crippen LogP contribution is -2.34. The summed E-state index contributed by atoms with van der Waals surface area (Å²) in [7, 11) is 3.98. The van der Waals surface area contributed by atoms with Gasteiger partial charge in [-0.05, 0) is 49.8 Å². The topological polar surface area (TPSA) is 103 Å². The Kier molecular flexibility index (Phi) is 6.16. The molecule has 2 aromatic heterocycles. The van der Waals surface area contributed by atoms with Gasteiger partial charge in [0.25, 0.3) is 5.91 Å². The van der Waals surface area contributed by atoms with Crippen molar-refractivity contribution in [3.63, 3.8) is 0 Å². The molecule has 1 saturated carbocycles. The van der Waals surface area contributed by atoms with Gasteiger partial charge in [0.1, 0.15) is 5.82 Å². The van der Waals surface area contributed by atoms with Crippen molar-refractivity contribution in [3.05, 3.63) is 48.2 Å². The van der Waals surface area contributed by atoms with E-state index in [1.165, 1.54) is 12.3 Å². The maximum Gasteiger partial charge on any atom is 0.252 e. The summed E-state index contributed by atoms with van der Waals surface area (Å²) in [6, 6.07) is 11.4. The van der Waals surface area contributed by atoms with E-state index in [1.807, 2.05) is 43.3 Å². The van der Waals surface area contributed by atoms with Crippen molar-refractivity contribution in [2.45, 2.75) is 31.7 Å². The third kappa shape index (κ3) is 5.02. The molecule has 0 saturated heterocycles. The fraction of sp³-hybridized carbons (Fsp3) is 0.391. The van der Waals surface area contributed by atoms with Crippen molar-refractivity contribution in [3.8, 4) is 5.88 Å². The van der Waals surface area contributed by atoms with E-state index < -0.39 is 0 Å². The molecule has 0 spiro atoms. The van der Waals surface area contributed by atoms with E-state index in [2.05, 4.69) is 15.6 Å². The minimum Gasteiger partial charge on any atom is -0.493 e. The van der Waals surface area contributed by atoms with Crippen LogP contribution in [0.25, 0.3) is 10.9 Å². The zero-order chi connectivity index (χ0) is 21.8. The number of benzene rings is 1. The number of fused-ring (bicyclic) bond motifs is 1. The highest BCUT2D eigenvalue weighted by molar-refractivity contribution is 5.93. The number of pyridine rings is 1. The maximum atomic E-state index is 12.2. The van der Waals surface area contributed by atoms with Gasteiger partial charge in [0.15, 0.2) is 0 Å². The van der Waals surface area contributed by atoms with Crippen molar-refractivity contribution in [1.82, 2.24) is 20.3 Å². The highest BCUT2D eigenvalue weighted by atomic mass is 16.3. The summed E-state index contributed by atoms with van der Waals surface area (Å²) in [5, 5.41) is 16.8. The Labute approximate surface area is 181 Å². The Morgan fingerprint density at radius 1 is 1.10 bits per heavy atom. The normalized spacial score (nSPS) is 18.5. The second kappa shape index (κ2) is 9.16. The van der Waals surface area contributed by atoms with E-state index in [4.69, 9.17) is 9.97 Å². The van der Waals surface area contributed by atoms with Gasteiger partial charge in [-0.2, -0.15) is 4.98 Å². The number of hydrogen-bond acceptors (Lipinski definition) is 7. The van der Waals surface area contributed by atoms with Crippen LogP contribution in [0.15, 0.2) is 42.6 Å². The van der Waals surface area contributed by atoms with Crippen LogP contribution in [0.5, 0.6) is 5.88 Å². The van der Waals surface area contributed by atoms with E-state index in [-0.39, 0.29) is 11.8 Å². The first-order valence-corrected chi connectivity index (χ1v) is 10.6. The van der Waals surface area contributed by atoms with Crippen LogP contribution in [-0.4, -0.2) is 52.6 Å². The van der Waals surface area contributed by atoms with Gasteiger partial charge >= 0.3 is 0 Å². The van der Waals surface area contributed by atoms with Crippen molar-refractivity contribution < 1.29 is 9.90 Å². The SMILES string of the molecule is CN(C)c1nc(N[C@H]2CC[C@@H](CNC(=O)c3ccc(O)nc3)CC2)nc2ccccc12. The summed E-state index contributed by atoms with van der Waals surface area (Å²) in [6.07, 6.45) is 5.46. The summed E-state index contributed by atoms with van der Waals surface area (Å²) < 4.78 is 0. The monoisotopic (exact) mass is 420 g/mol. The molecule has 1 aliphatic rings. The highest BCUT2D eigenvalue weighted by Crippen LogP contribution is 2.28. The van der Waals surface area contributed by atoms with Gasteiger partial charge in [-0.3, -0.25) is 4.79 Å². The molecule has 3 N–H and O–H groups in total. The number of nitrogens with zero attached hydrogens (tertiary/aromatic N) is 4. The fourth-order valence-electron chi connectivity index (χ4n) is 4.02. The van der Waals surface area contributed by atoms with Gasteiger partial charge < -0.3 is 20.6 Å². The van der Waals surface area contributed by atoms with Crippen LogP contribution in [0.1, 0.15) is 36.0 Å². The number of carbonyl (C=O) groups is 1. The van der Waals surface area contributed by atoms with Gasteiger partial charge in [-0.15, -0.1) is 0 Å². The summed E-state index contributed by atoms with van der Waals surface area (Å²) in [6.45, 7) is 0.643. The Hall–Kier alpha value is -3.42. The molecule has 0 unspecified atom stereocenters. The molecule has 31 heavy (non-hydrogen) atoms. The molecule has 8 nitrogen and oxygen atoms in total. The number of aromatic nitrogens is 3. The average Bonchev–Trinajstić information content (AvgIpc) is 2.78. The van der Waals surface area contributed by atoms with E-state index in [0.29, 0.717) is 30.0 Å². The molecule has 0 bridgehead atoms. The molecular formula is C23H28N6O2. The number of aromatic hydroxyl groups is 1. The molecule has 8 heteroatoms. The second-order valence-corrected chi connectivity index (χ2v) is 8.26. The van der Waals surface area contributed by atoms with Crippen LogP contribution in [0.2, 0.25) is 0 Å². The Bertz CT molecular complexity index is 1050. The number of hydrogen-bond donors (Lipinski definition) is 3. The Morgan fingerprint density at radius 2 is 1.87 bits per heavy atom. The molecular weight excluding hydrogens is 392 g/mol. The van der Waals surface area contributed by atoms with E-state index in [0.717, 1.165) is 42.4 Å². The zero-order valence-corrected chi connectivity index (χ0v) is 17.9. The number of nitrogens with one attached hydrogen (secondary N) is 2. The molecule has 1 aromatic carbocycles. The van der Waals surface area contributed by atoms with Gasteiger partial charge in [0.05, 0.1) is 11.1 Å². The van der Waals surface area contributed by atoms with Crippen LogP contribution >= 0.6 is 0 Å². The first-order chi connectivity index (χ1) is 15.0. The molecule has 4 rings (SSSR count). The minimum atomic E-state index is -0.159. The third-order valence-corrected chi connectivity index (χ3v) is 5.75. The van der Waals surface area contributed by atoms with Gasteiger partial charge in [0, 0.05) is 44.3 Å². The summed E-state index contributed by atoms with van der Waals surface area (Å²) >= 11 is 0. The lowest BCUT2D eigenvalue weighted by Gasteiger charge is -2.29. The van der Waals surface area contributed by atoms with Crippen LogP contribution in [0, 0.1) is 5.92 Å². The first kappa shape index (κ1) is 20.8. The lowest BCUT2D eigenvalue weighted by atomic mass is 9.86. The number of para-hydroxylation sites is 1. The lowest BCUT2D eigenvalue weighted by molar-refractivity contribution is 0.0943. The molecule has 0 atom stereocenters. The van der Waals surface area contributed by atoms with Crippen LogP contribution in [0.3, 0.4) is 0 Å². The number of carbonyl (C=O) groups excluding carboxylic acids is 1. The first-order valence-electron chi connectivity index (χ1n) is 10.6. The molecule has 1 fully saturated rings. The van der Waals surface area contributed by atoms with Crippen LogP contribution < -0.4 is 15.5 Å². The minimum absolute atomic E-state index is 0.0875. The van der Waals surface area contributed by atoms with Gasteiger partial charge in [-0.25, -0.2) is 9.97 Å². The van der Waals surface area contributed by atoms with Crippen molar-refractivity contribution in [2.24, 2.45) is 5.92 Å². The molecule has 2 heterocycles. The van der Waals surface area contributed by atoms with Crippen molar-refractivity contribution in [1.29, 1.82) is 0 Å². The van der Waals surface area contributed by atoms with Gasteiger partial charge in [0.2, 0.25) is 11.8 Å². The highest BCUT2D eigenvalue weighted by Gasteiger charge is 2.23. The molecule has 1 amide bonds. The molecule has 0 aliphatic heterocycles. The summed E-state index contributed by atoms with van der Waals surface area (Å²) in [5.41, 5.74) is 1.39. The zero-order valence-electron chi connectivity index (χ0n) is 17.9. The number of amides is 1. The van der Waals surface area contributed by atoms with Crippen LogP contribution in [0.4, 0.5) is 11.8 Å². The number of anilines is 2. The summed E-state index contributed by atoms with van der Waals surface area (Å²) in [5.74, 6) is 1.78. The quantitative estimate of drug-likeness (QED) is 0.563.